The van der Waals surface area contributed by atoms with E-state index in [0.717, 1.165) is 13.1 Å². The van der Waals surface area contributed by atoms with Crippen LogP contribution in [0.4, 0.5) is 5.69 Å². The molecule has 100 valence electrons. The molecule has 1 saturated carbocycles. The number of nitrogens with one attached hydrogen (secondary N) is 2. The van der Waals surface area contributed by atoms with Crippen LogP contribution in [-0.2, 0) is 0 Å². The van der Waals surface area contributed by atoms with E-state index in [1.807, 2.05) is 0 Å². The lowest BCUT2D eigenvalue weighted by Gasteiger charge is -2.08. The third-order valence-electron chi connectivity index (χ3n) is 3.74. The molecule has 2 unspecified atom stereocenters. The van der Waals surface area contributed by atoms with Crippen molar-refractivity contribution in [2.75, 3.05) is 13.1 Å². The summed E-state index contributed by atoms with van der Waals surface area (Å²) in [6.45, 7) is 1.84. The number of hydrogen-bond donors (Lipinski definition) is 2. The number of nitro benzene ring substituents is 1. The lowest BCUT2D eigenvalue weighted by atomic mass is 10.2. The summed E-state index contributed by atoms with van der Waals surface area (Å²) in [6.07, 6.45) is 0. The van der Waals surface area contributed by atoms with Gasteiger partial charge in [-0.2, -0.15) is 0 Å². The number of nitrogens with zero attached hydrogens (tertiary/aromatic N) is 1. The molecule has 6 nitrogen and oxygen atoms in total. The number of carbonyl (C=O) groups is 1. The second kappa shape index (κ2) is 4.47. The highest BCUT2D eigenvalue weighted by Gasteiger charge is 2.53. The molecule has 1 heterocycles. The Labute approximate surface area is 114 Å². The molecule has 3 rings (SSSR count). The van der Waals surface area contributed by atoms with Gasteiger partial charge in [0.05, 0.1) is 4.92 Å². The largest absolute Gasteiger partial charge is 0.349 e. The molecule has 19 heavy (non-hydrogen) atoms. The highest BCUT2D eigenvalue weighted by Crippen LogP contribution is 2.41. The highest BCUT2D eigenvalue weighted by molar-refractivity contribution is 6.31. The third-order valence-corrected chi connectivity index (χ3v) is 3.96. The first-order valence-electron chi connectivity index (χ1n) is 6.03. The van der Waals surface area contributed by atoms with Gasteiger partial charge >= 0.3 is 0 Å². The predicted octanol–water partition coefficient (Wildman–Crippen LogP) is 1.20. The molecule has 1 aromatic carbocycles. The van der Waals surface area contributed by atoms with Crippen LogP contribution in [0.2, 0.25) is 5.02 Å². The van der Waals surface area contributed by atoms with E-state index in [4.69, 9.17) is 11.6 Å². The van der Waals surface area contributed by atoms with Gasteiger partial charge in [0.1, 0.15) is 0 Å². The van der Waals surface area contributed by atoms with Crippen LogP contribution in [0.3, 0.4) is 0 Å². The number of nitro groups is 1. The fourth-order valence-corrected chi connectivity index (χ4v) is 2.91. The summed E-state index contributed by atoms with van der Waals surface area (Å²) < 4.78 is 0. The number of piperidine rings is 1. The first kappa shape index (κ1) is 12.4. The van der Waals surface area contributed by atoms with Crippen molar-refractivity contribution in [3.63, 3.8) is 0 Å². The molecule has 1 aromatic rings. The van der Waals surface area contributed by atoms with E-state index in [0.29, 0.717) is 11.8 Å². The van der Waals surface area contributed by atoms with E-state index in [1.165, 1.54) is 18.2 Å². The number of fused-ring (bicyclic) bond motifs is 1. The Kier molecular flexibility index (Phi) is 2.91. The fourth-order valence-electron chi connectivity index (χ4n) is 2.68. The molecule has 2 N–H and O–H groups in total. The maximum Gasteiger partial charge on any atom is 0.271 e. The van der Waals surface area contributed by atoms with Crippen LogP contribution in [0.1, 0.15) is 10.4 Å². The fraction of sp³-hybridized carbons (Fsp3) is 0.417. The minimum absolute atomic E-state index is 0.171. The molecule has 1 amide bonds. The highest BCUT2D eigenvalue weighted by atomic mass is 35.5. The molecule has 2 fully saturated rings. The van der Waals surface area contributed by atoms with E-state index in [-0.39, 0.29) is 28.2 Å². The van der Waals surface area contributed by atoms with Crippen LogP contribution in [-0.4, -0.2) is 30.0 Å². The standard InChI is InChI=1S/C12H12ClN3O3/c13-7-1-6(2-8(3-7)16(18)19)12(17)15-11-9-4-14-5-10(9)11/h1-3,9-11,14H,4-5H2,(H,15,17). The molecular formula is C12H12ClN3O3. The van der Waals surface area contributed by atoms with E-state index in [9.17, 15) is 14.9 Å². The van der Waals surface area contributed by atoms with Crippen LogP contribution in [0.5, 0.6) is 0 Å². The number of non-ortho nitro benzene ring substituents is 1. The van der Waals surface area contributed by atoms with Crippen LogP contribution in [0.15, 0.2) is 18.2 Å². The van der Waals surface area contributed by atoms with Crippen molar-refractivity contribution in [1.82, 2.24) is 10.6 Å². The van der Waals surface area contributed by atoms with Gasteiger partial charge in [-0.25, -0.2) is 0 Å². The topological polar surface area (TPSA) is 84.3 Å². The van der Waals surface area contributed by atoms with Crippen molar-refractivity contribution in [3.05, 3.63) is 38.9 Å². The van der Waals surface area contributed by atoms with Crippen LogP contribution in [0, 0.1) is 22.0 Å². The summed E-state index contributed by atoms with van der Waals surface area (Å²) in [5.74, 6) is 0.696. The Hall–Kier alpha value is -1.66. The minimum atomic E-state index is -0.557. The van der Waals surface area contributed by atoms with Gasteiger partial charge in [-0.05, 0) is 17.9 Å². The van der Waals surface area contributed by atoms with Crippen LogP contribution in [0.25, 0.3) is 0 Å². The molecule has 0 bridgehead atoms. The second-order valence-electron chi connectivity index (χ2n) is 4.94. The summed E-state index contributed by atoms with van der Waals surface area (Å²) >= 11 is 5.79. The van der Waals surface area contributed by atoms with E-state index in [1.54, 1.807) is 0 Å². The monoisotopic (exact) mass is 281 g/mol. The summed E-state index contributed by atoms with van der Waals surface area (Å²) in [6, 6.07) is 4.11. The van der Waals surface area contributed by atoms with Gasteiger partial charge in [-0.15, -0.1) is 0 Å². The number of hydrogen-bond acceptors (Lipinski definition) is 4. The molecule has 0 spiro atoms. The molecular weight excluding hydrogens is 270 g/mol. The van der Waals surface area contributed by atoms with Gasteiger partial charge in [0.15, 0.2) is 0 Å². The molecule has 0 radical (unpaired) electrons. The SMILES string of the molecule is O=C(NC1C2CNCC21)c1cc(Cl)cc([N+](=O)[O-])c1. The zero-order valence-corrected chi connectivity index (χ0v) is 10.7. The first-order chi connectivity index (χ1) is 9.06. The van der Waals surface area contributed by atoms with E-state index < -0.39 is 4.92 Å². The van der Waals surface area contributed by atoms with Gasteiger partial charge in [-0.3, -0.25) is 14.9 Å². The summed E-state index contributed by atoms with van der Waals surface area (Å²) in [5, 5.41) is 17.1. The molecule has 1 aliphatic carbocycles. The van der Waals surface area contributed by atoms with Crippen LogP contribution >= 0.6 is 11.6 Å². The molecule has 7 heteroatoms. The molecule has 2 atom stereocenters. The maximum absolute atomic E-state index is 12.0. The number of amides is 1. The molecule has 2 aliphatic rings. The Morgan fingerprint density at radius 3 is 2.68 bits per heavy atom. The molecule has 1 saturated heterocycles. The van der Waals surface area contributed by atoms with Gasteiger partial charge in [0, 0.05) is 41.9 Å². The third kappa shape index (κ3) is 2.29. The normalized spacial score (nSPS) is 27.7. The van der Waals surface area contributed by atoms with Crippen molar-refractivity contribution >= 4 is 23.2 Å². The zero-order valence-electron chi connectivity index (χ0n) is 9.93. The number of carbonyl (C=O) groups excluding carboxylic acids is 1. The van der Waals surface area contributed by atoms with Gasteiger partial charge in [-0.1, -0.05) is 11.6 Å². The average Bonchev–Trinajstić information content (AvgIpc) is 2.81. The van der Waals surface area contributed by atoms with Crippen LogP contribution < -0.4 is 10.6 Å². The Balaban J connectivity index is 1.74. The number of benzene rings is 1. The van der Waals surface area contributed by atoms with Crippen molar-refractivity contribution in [2.24, 2.45) is 11.8 Å². The lowest BCUT2D eigenvalue weighted by molar-refractivity contribution is -0.384. The first-order valence-corrected chi connectivity index (χ1v) is 6.40. The van der Waals surface area contributed by atoms with Crippen molar-refractivity contribution in [2.45, 2.75) is 6.04 Å². The Morgan fingerprint density at radius 2 is 2.05 bits per heavy atom. The van der Waals surface area contributed by atoms with Crippen molar-refractivity contribution in [1.29, 1.82) is 0 Å². The average molecular weight is 282 g/mol. The Bertz CT molecular complexity index is 553. The van der Waals surface area contributed by atoms with Crippen molar-refractivity contribution in [3.8, 4) is 0 Å². The lowest BCUT2D eigenvalue weighted by Crippen LogP contribution is -2.32. The second-order valence-corrected chi connectivity index (χ2v) is 5.38. The smallest absolute Gasteiger partial charge is 0.271 e. The van der Waals surface area contributed by atoms with Gasteiger partial charge < -0.3 is 10.6 Å². The predicted molar refractivity (Wildman–Crippen MR) is 69.2 cm³/mol. The number of rotatable bonds is 3. The summed E-state index contributed by atoms with van der Waals surface area (Å²) in [5.41, 5.74) is 0.0624. The van der Waals surface area contributed by atoms with E-state index in [2.05, 4.69) is 10.6 Å². The summed E-state index contributed by atoms with van der Waals surface area (Å²) in [4.78, 5) is 22.2. The number of halogens is 1. The van der Waals surface area contributed by atoms with Crippen molar-refractivity contribution < 1.29 is 9.72 Å². The zero-order chi connectivity index (χ0) is 13.6. The van der Waals surface area contributed by atoms with Gasteiger partial charge in [0.25, 0.3) is 11.6 Å². The van der Waals surface area contributed by atoms with E-state index >= 15 is 0 Å². The summed E-state index contributed by atoms with van der Waals surface area (Å²) in [7, 11) is 0. The quantitative estimate of drug-likeness (QED) is 0.644. The minimum Gasteiger partial charge on any atom is -0.349 e. The van der Waals surface area contributed by atoms with Gasteiger partial charge in [0.2, 0.25) is 0 Å². The Morgan fingerprint density at radius 1 is 1.37 bits per heavy atom. The molecule has 0 aromatic heterocycles. The maximum atomic E-state index is 12.0. The molecule has 1 aliphatic heterocycles.